The molecule has 0 N–H and O–H groups in total. The van der Waals surface area contributed by atoms with Gasteiger partial charge in [-0.05, 0) is 32.3 Å². The van der Waals surface area contributed by atoms with Crippen molar-refractivity contribution in [2.75, 3.05) is 13.1 Å². The summed E-state index contributed by atoms with van der Waals surface area (Å²) in [5.41, 5.74) is 2.24. The van der Waals surface area contributed by atoms with Gasteiger partial charge in [-0.25, -0.2) is 4.39 Å². The Morgan fingerprint density at radius 1 is 1.46 bits per heavy atom. The summed E-state index contributed by atoms with van der Waals surface area (Å²) in [6, 6.07) is 0. The molecule has 1 saturated heterocycles. The number of hydrogen-bond acceptors (Lipinski definition) is 1. The Labute approximate surface area is 79.9 Å². The van der Waals surface area contributed by atoms with E-state index >= 15 is 0 Å². The molecule has 1 heterocycles. The summed E-state index contributed by atoms with van der Waals surface area (Å²) in [5, 5.41) is 0. The second-order valence-electron chi connectivity index (χ2n) is 3.58. The van der Waals surface area contributed by atoms with E-state index in [9.17, 15) is 4.39 Å². The Morgan fingerprint density at radius 2 is 2.00 bits per heavy atom. The quantitative estimate of drug-likeness (QED) is 0.595. The van der Waals surface area contributed by atoms with E-state index in [1.807, 2.05) is 19.9 Å². The van der Waals surface area contributed by atoms with Gasteiger partial charge in [-0.3, -0.25) is 0 Å². The maximum Gasteiger partial charge on any atom is 0.103 e. The van der Waals surface area contributed by atoms with E-state index in [1.165, 1.54) is 5.57 Å². The monoisotopic (exact) mass is 183 g/mol. The van der Waals surface area contributed by atoms with E-state index in [4.69, 9.17) is 0 Å². The molecule has 1 nitrogen and oxygen atoms in total. The van der Waals surface area contributed by atoms with Crippen molar-refractivity contribution in [1.82, 2.24) is 4.90 Å². The molecule has 1 fully saturated rings. The first-order valence-electron chi connectivity index (χ1n) is 4.86. The molecule has 0 aliphatic carbocycles. The fraction of sp³-hybridized carbons (Fsp3) is 0.636. The molecule has 13 heavy (non-hydrogen) atoms. The van der Waals surface area contributed by atoms with Crippen LogP contribution in [0.4, 0.5) is 4.39 Å². The maximum absolute atomic E-state index is 12.8. The van der Waals surface area contributed by atoms with Crippen LogP contribution in [0, 0.1) is 0 Å². The SMILES string of the molecule is C=C(/C(C)=C/C)N1CCC(F)CC1. The molecule has 74 valence electrons. The van der Waals surface area contributed by atoms with E-state index in [0.29, 0.717) is 12.8 Å². The van der Waals surface area contributed by atoms with Gasteiger partial charge in [-0.15, -0.1) is 0 Å². The Morgan fingerprint density at radius 3 is 2.46 bits per heavy atom. The smallest absolute Gasteiger partial charge is 0.103 e. The summed E-state index contributed by atoms with van der Waals surface area (Å²) in [6.45, 7) is 9.68. The molecule has 1 aliphatic heterocycles. The Balaban J connectivity index is 2.50. The van der Waals surface area contributed by atoms with Crippen LogP contribution in [0.15, 0.2) is 23.9 Å². The zero-order chi connectivity index (χ0) is 9.84. The normalized spacial score (nSPS) is 20.5. The molecule has 0 unspecified atom stereocenters. The Bertz CT molecular complexity index is 212. The van der Waals surface area contributed by atoms with Crippen molar-refractivity contribution >= 4 is 0 Å². The minimum absolute atomic E-state index is 0.602. The van der Waals surface area contributed by atoms with Crippen molar-refractivity contribution in [3.63, 3.8) is 0 Å². The number of hydrogen-bond donors (Lipinski definition) is 0. The van der Waals surface area contributed by atoms with Crippen LogP contribution in [-0.4, -0.2) is 24.2 Å². The van der Waals surface area contributed by atoms with Gasteiger partial charge in [0.25, 0.3) is 0 Å². The average molecular weight is 183 g/mol. The van der Waals surface area contributed by atoms with Crippen molar-refractivity contribution in [1.29, 1.82) is 0 Å². The van der Waals surface area contributed by atoms with Gasteiger partial charge in [0.2, 0.25) is 0 Å². The minimum Gasteiger partial charge on any atom is -0.372 e. The number of piperidine rings is 1. The van der Waals surface area contributed by atoms with E-state index in [2.05, 4.69) is 11.5 Å². The largest absolute Gasteiger partial charge is 0.372 e. The van der Waals surface area contributed by atoms with Gasteiger partial charge in [0.1, 0.15) is 6.17 Å². The Kier molecular flexibility index (Phi) is 3.52. The van der Waals surface area contributed by atoms with E-state index in [-0.39, 0.29) is 0 Å². The molecular formula is C11H18FN. The molecule has 0 bridgehead atoms. The van der Waals surface area contributed by atoms with E-state index in [0.717, 1.165) is 18.8 Å². The highest BCUT2D eigenvalue weighted by Gasteiger charge is 2.19. The number of likely N-dealkylation sites (tertiary alicyclic amines) is 1. The van der Waals surface area contributed by atoms with Crippen molar-refractivity contribution in [2.45, 2.75) is 32.9 Å². The van der Waals surface area contributed by atoms with Crippen LogP contribution in [-0.2, 0) is 0 Å². The lowest BCUT2D eigenvalue weighted by Gasteiger charge is -2.32. The molecule has 0 amide bonds. The van der Waals surface area contributed by atoms with Crippen LogP contribution in [0.5, 0.6) is 0 Å². The lowest BCUT2D eigenvalue weighted by molar-refractivity contribution is 0.182. The molecular weight excluding hydrogens is 165 g/mol. The molecule has 0 saturated carbocycles. The zero-order valence-electron chi connectivity index (χ0n) is 8.52. The minimum atomic E-state index is -0.602. The predicted molar refractivity (Wildman–Crippen MR) is 54.3 cm³/mol. The summed E-state index contributed by atoms with van der Waals surface area (Å²) >= 11 is 0. The maximum atomic E-state index is 12.8. The third-order valence-corrected chi connectivity index (χ3v) is 2.69. The number of halogens is 1. The van der Waals surface area contributed by atoms with E-state index < -0.39 is 6.17 Å². The fourth-order valence-electron chi connectivity index (χ4n) is 1.53. The average Bonchev–Trinajstić information content (AvgIpc) is 2.17. The highest BCUT2D eigenvalue weighted by Crippen LogP contribution is 2.20. The summed E-state index contributed by atoms with van der Waals surface area (Å²) in [4.78, 5) is 2.17. The molecule has 0 aromatic rings. The fourth-order valence-corrected chi connectivity index (χ4v) is 1.53. The van der Waals surface area contributed by atoms with Gasteiger partial charge < -0.3 is 4.90 Å². The molecule has 0 aromatic carbocycles. The predicted octanol–water partition coefficient (Wildman–Crippen LogP) is 2.90. The van der Waals surface area contributed by atoms with Crippen LogP contribution in [0.1, 0.15) is 26.7 Å². The van der Waals surface area contributed by atoms with Crippen molar-refractivity contribution < 1.29 is 4.39 Å². The highest BCUT2D eigenvalue weighted by atomic mass is 19.1. The summed E-state index contributed by atoms with van der Waals surface area (Å²) in [5.74, 6) is 0. The molecule has 0 spiro atoms. The summed E-state index contributed by atoms with van der Waals surface area (Å²) in [7, 11) is 0. The third kappa shape index (κ3) is 2.58. The van der Waals surface area contributed by atoms with Crippen LogP contribution >= 0.6 is 0 Å². The molecule has 0 aromatic heterocycles. The number of nitrogens with zero attached hydrogens (tertiary/aromatic N) is 1. The van der Waals surface area contributed by atoms with Crippen LogP contribution in [0.3, 0.4) is 0 Å². The molecule has 2 heteroatoms. The first-order valence-corrected chi connectivity index (χ1v) is 4.86. The first-order chi connectivity index (χ1) is 6.15. The third-order valence-electron chi connectivity index (χ3n) is 2.69. The van der Waals surface area contributed by atoms with Crippen LogP contribution in [0.25, 0.3) is 0 Å². The standard InChI is InChI=1S/C11H18FN/c1-4-9(2)10(3)13-7-5-11(12)6-8-13/h4,11H,3,5-8H2,1-2H3/b9-4+. The van der Waals surface area contributed by atoms with Gasteiger partial charge >= 0.3 is 0 Å². The van der Waals surface area contributed by atoms with Crippen molar-refractivity contribution in [3.8, 4) is 0 Å². The van der Waals surface area contributed by atoms with Gasteiger partial charge in [0, 0.05) is 18.8 Å². The van der Waals surface area contributed by atoms with Gasteiger partial charge in [-0.2, -0.15) is 0 Å². The first kappa shape index (κ1) is 10.3. The van der Waals surface area contributed by atoms with Gasteiger partial charge in [0.05, 0.1) is 0 Å². The second kappa shape index (κ2) is 4.45. The Hall–Kier alpha value is -0.790. The summed E-state index contributed by atoms with van der Waals surface area (Å²) in [6.07, 6.45) is 2.74. The lowest BCUT2D eigenvalue weighted by atomic mass is 10.1. The lowest BCUT2D eigenvalue weighted by Crippen LogP contribution is -2.33. The molecule has 1 aliphatic rings. The van der Waals surface area contributed by atoms with Gasteiger partial charge in [0.15, 0.2) is 0 Å². The van der Waals surface area contributed by atoms with Crippen molar-refractivity contribution in [2.24, 2.45) is 0 Å². The molecule has 0 atom stereocenters. The zero-order valence-corrected chi connectivity index (χ0v) is 8.52. The van der Waals surface area contributed by atoms with Crippen molar-refractivity contribution in [3.05, 3.63) is 23.9 Å². The van der Waals surface area contributed by atoms with Gasteiger partial charge in [-0.1, -0.05) is 12.7 Å². The van der Waals surface area contributed by atoms with Crippen LogP contribution < -0.4 is 0 Å². The van der Waals surface area contributed by atoms with Crippen LogP contribution in [0.2, 0.25) is 0 Å². The second-order valence-corrected chi connectivity index (χ2v) is 3.58. The number of alkyl halides is 1. The van der Waals surface area contributed by atoms with E-state index in [1.54, 1.807) is 0 Å². The number of rotatable bonds is 2. The highest BCUT2D eigenvalue weighted by molar-refractivity contribution is 5.24. The molecule has 1 rings (SSSR count). The molecule has 0 radical (unpaired) electrons. The number of allylic oxidation sites excluding steroid dienone is 2. The summed E-state index contributed by atoms with van der Waals surface area (Å²) < 4.78 is 12.8. The topological polar surface area (TPSA) is 3.24 Å².